The summed E-state index contributed by atoms with van der Waals surface area (Å²) in [5.74, 6) is 1.28. The highest BCUT2D eigenvalue weighted by molar-refractivity contribution is 8.15. The van der Waals surface area contributed by atoms with Gasteiger partial charge in [-0.1, -0.05) is 17.8 Å². The van der Waals surface area contributed by atoms with Crippen LogP contribution in [0.2, 0.25) is 0 Å². The molecule has 1 saturated heterocycles. The number of nitrogens with one attached hydrogen (secondary N) is 1. The molecule has 0 aliphatic carbocycles. The Balaban J connectivity index is 1.90. The van der Waals surface area contributed by atoms with Crippen LogP contribution in [-0.2, 0) is 11.2 Å². The van der Waals surface area contributed by atoms with E-state index in [1.54, 1.807) is 7.11 Å². The highest BCUT2D eigenvalue weighted by atomic mass is 32.2. The number of methoxy groups -OCH3 is 1. The molecule has 0 saturated carbocycles. The van der Waals surface area contributed by atoms with Gasteiger partial charge in [-0.15, -0.1) is 0 Å². The standard InChI is InChI=1S/C16H21NO4S/c1-10(2)21-12-8-7-11(9-13(12)20-3)5-4-6-14-15(18)17-16(19)22-14/h7-10,14H,4-6H2,1-3H3,(H,17,18,19). The summed E-state index contributed by atoms with van der Waals surface area (Å²) in [6, 6.07) is 5.88. The van der Waals surface area contributed by atoms with E-state index in [2.05, 4.69) is 5.32 Å². The summed E-state index contributed by atoms with van der Waals surface area (Å²) in [6.45, 7) is 3.94. The van der Waals surface area contributed by atoms with Gasteiger partial charge in [0.05, 0.1) is 18.5 Å². The van der Waals surface area contributed by atoms with Crippen LogP contribution in [0.4, 0.5) is 4.79 Å². The van der Waals surface area contributed by atoms with Gasteiger partial charge in [0.25, 0.3) is 5.24 Å². The molecule has 1 aromatic rings. The summed E-state index contributed by atoms with van der Waals surface area (Å²) in [7, 11) is 1.62. The predicted molar refractivity (Wildman–Crippen MR) is 86.6 cm³/mol. The Morgan fingerprint density at radius 3 is 2.64 bits per heavy atom. The molecular weight excluding hydrogens is 302 g/mol. The zero-order valence-electron chi connectivity index (χ0n) is 13.0. The van der Waals surface area contributed by atoms with Crippen LogP contribution in [0.25, 0.3) is 0 Å². The van der Waals surface area contributed by atoms with E-state index in [1.807, 2.05) is 32.0 Å². The quantitative estimate of drug-likeness (QED) is 0.835. The lowest BCUT2D eigenvalue weighted by atomic mass is 10.1. The number of amides is 2. The number of carbonyl (C=O) groups excluding carboxylic acids is 2. The first kappa shape index (κ1) is 16.7. The number of hydrogen-bond donors (Lipinski definition) is 1. The summed E-state index contributed by atoms with van der Waals surface area (Å²) in [6.07, 6.45) is 2.45. The van der Waals surface area contributed by atoms with Crippen molar-refractivity contribution in [2.24, 2.45) is 0 Å². The second kappa shape index (κ2) is 7.54. The molecule has 1 atom stereocenters. The van der Waals surface area contributed by atoms with Crippen molar-refractivity contribution in [1.29, 1.82) is 0 Å². The number of ether oxygens (including phenoxy) is 2. The summed E-state index contributed by atoms with van der Waals surface area (Å²) in [5, 5.41) is 1.81. The predicted octanol–water partition coefficient (Wildman–Crippen LogP) is 3.16. The van der Waals surface area contributed by atoms with Crippen molar-refractivity contribution in [3.05, 3.63) is 23.8 Å². The maximum absolute atomic E-state index is 11.5. The molecule has 5 nitrogen and oxygen atoms in total. The van der Waals surface area contributed by atoms with Crippen molar-refractivity contribution in [3.8, 4) is 11.5 Å². The summed E-state index contributed by atoms with van der Waals surface area (Å²) >= 11 is 1.08. The van der Waals surface area contributed by atoms with Gasteiger partial charge in [0.2, 0.25) is 5.91 Å². The van der Waals surface area contributed by atoms with E-state index >= 15 is 0 Å². The fraction of sp³-hybridized carbons (Fsp3) is 0.500. The summed E-state index contributed by atoms with van der Waals surface area (Å²) in [5.41, 5.74) is 1.13. The van der Waals surface area contributed by atoms with E-state index < -0.39 is 0 Å². The topological polar surface area (TPSA) is 64.6 Å². The zero-order valence-corrected chi connectivity index (χ0v) is 13.9. The van der Waals surface area contributed by atoms with Crippen LogP contribution in [0.3, 0.4) is 0 Å². The Kier molecular flexibility index (Phi) is 5.71. The van der Waals surface area contributed by atoms with Gasteiger partial charge < -0.3 is 9.47 Å². The fourth-order valence-electron chi connectivity index (χ4n) is 2.29. The van der Waals surface area contributed by atoms with Gasteiger partial charge in [0.1, 0.15) is 0 Å². The van der Waals surface area contributed by atoms with Crippen molar-refractivity contribution in [3.63, 3.8) is 0 Å². The van der Waals surface area contributed by atoms with Gasteiger partial charge >= 0.3 is 0 Å². The lowest BCUT2D eigenvalue weighted by molar-refractivity contribution is -0.119. The Hall–Kier alpha value is -1.69. The van der Waals surface area contributed by atoms with Crippen molar-refractivity contribution >= 4 is 22.9 Å². The lowest BCUT2D eigenvalue weighted by Gasteiger charge is -2.14. The van der Waals surface area contributed by atoms with Crippen LogP contribution in [0.5, 0.6) is 11.5 Å². The van der Waals surface area contributed by atoms with Crippen LogP contribution in [0, 0.1) is 0 Å². The Morgan fingerprint density at radius 2 is 2.05 bits per heavy atom. The molecule has 1 aliphatic heterocycles. The first-order chi connectivity index (χ1) is 10.5. The maximum atomic E-state index is 11.5. The Bertz CT molecular complexity index is 559. The second-order valence-electron chi connectivity index (χ2n) is 5.43. The average molecular weight is 323 g/mol. The van der Waals surface area contributed by atoms with Crippen LogP contribution in [-0.4, -0.2) is 29.6 Å². The van der Waals surface area contributed by atoms with E-state index in [0.717, 1.165) is 41.7 Å². The van der Waals surface area contributed by atoms with Crippen molar-refractivity contribution in [2.45, 2.75) is 44.5 Å². The minimum atomic E-state index is -0.252. The molecule has 120 valence electrons. The van der Waals surface area contributed by atoms with Gasteiger partial charge in [-0.25, -0.2) is 0 Å². The first-order valence-electron chi connectivity index (χ1n) is 7.34. The molecule has 0 radical (unpaired) electrons. The largest absolute Gasteiger partial charge is 0.493 e. The minimum absolute atomic E-state index is 0.0928. The average Bonchev–Trinajstić information content (AvgIpc) is 2.78. The number of thioether (sulfide) groups is 1. The molecular formula is C16H21NO4S. The molecule has 0 aromatic heterocycles. The van der Waals surface area contributed by atoms with E-state index in [-0.39, 0.29) is 22.5 Å². The van der Waals surface area contributed by atoms with E-state index in [0.29, 0.717) is 6.42 Å². The van der Waals surface area contributed by atoms with Crippen molar-refractivity contribution < 1.29 is 19.1 Å². The SMILES string of the molecule is COc1cc(CCCC2SC(=O)NC2=O)ccc1OC(C)C. The van der Waals surface area contributed by atoms with Gasteiger partial charge in [-0.3, -0.25) is 14.9 Å². The number of imide groups is 1. The highest BCUT2D eigenvalue weighted by Gasteiger charge is 2.30. The number of carbonyl (C=O) groups is 2. The van der Waals surface area contributed by atoms with E-state index in [1.165, 1.54) is 0 Å². The molecule has 1 aromatic carbocycles. The third-order valence-corrected chi connectivity index (χ3v) is 4.34. The molecule has 1 heterocycles. The van der Waals surface area contributed by atoms with Crippen LogP contribution in [0.15, 0.2) is 18.2 Å². The van der Waals surface area contributed by atoms with Gasteiger partial charge in [0.15, 0.2) is 11.5 Å². The van der Waals surface area contributed by atoms with Gasteiger partial charge in [-0.05, 0) is 50.8 Å². The molecule has 1 unspecified atom stereocenters. The number of benzene rings is 1. The maximum Gasteiger partial charge on any atom is 0.286 e. The number of aryl methyl sites for hydroxylation is 1. The van der Waals surface area contributed by atoms with Crippen LogP contribution < -0.4 is 14.8 Å². The Morgan fingerprint density at radius 1 is 1.27 bits per heavy atom. The molecule has 2 rings (SSSR count). The van der Waals surface area contributed by atoms with Crippen LogP contribution in [0.1, 0.15) is 32.3 Å². The van der Waals surface area contributed by atoms with E-state index in [4.69, 9.17) is 9.47 Å². The molecule has 1 fully saturated rings. The molecule has 1 N–H and O–H groups in total. The second-order valence-corrected chi connectivity index (χ2v) is 6.60. The molecule has 6 heteroatoms. The smallest absolute Gasteiger partial charge is 0.286 e. The number of rotatable bonds is 7. The third kappa shape index (κ3) is 4.40. The van der Waals surface area contributed by atoms with E-state index in [9.17, 15) is 9.59 Å². The van der Waals surface area contributed by atoms with Crippen molar-refractivity contribution in [2.75, 3.05) is 7.11 Å². The highest BCUT2D eigenvalue weighted by Crippen LogP contribution is 2.30. The normalized spacial score (nSPS) is 17.7. The summed E-state index contributed by atoms with van der Waals surface area (Å²) in [4.78, 5) is 22.6. The fourth-order valence-corrected chi connectivity index (χ4v) is 3.16. The minimum Gasteiger partial charge on any atom is -0.493 e. The van der Waals surface area contributed by atoms with Gasteiger partial charge in [0, 0.05) is 0 Å². The molecule has 1 aliphatic rings. The first-order valence-corrected chi connectivity index (χ1v) is 8.22. The van der Waals surface area contributed by atoms with Gasteiger partial charge in [-0.2, -0.15) is 0 Å². The molecule has 0 bridgehead atoms. The monoisotopic (exact) mass is 323 g/mol. The lowest BCUT2D eigenvalue weighted by Crippen LogP contribution is -2.24. The molecule has 22 heavy (non-hydrogen) atoms. The third-order valence-electron chi connectivity index (χ3n) is 3.29. The Labute approximate surface area is 134 Å². The van der Waals surface area contributed by atoms with Crippen molar-refractivity contribution in [1.82, 2.24) is 5.32 Å². The summed E-state index contributed by atoms with van der Waals surface area (Å²) < 4.78 is 11.0. The van der Waals surface area contributed by atoms with Crippen LogP contribution >= 0.6 is 11.8 Å². The zero-order chi connectivity index (χ0) is 16.1. The molecule has 2 amide bonds. The number of hydrogen-bond acceptors (Lipinski definition) is 5. The molecule has 0 spiro atoms.